The molecule has 11 heteroatoms. The molecule has 1 aromatic heterocycles. The van der Waals surface area contributed by atoms with Gasteiger partial charge >= 0.3 is 12.0 Å². The van der Waals surface area contributed by atoms with Gasteiger partial charge in [0.1, 0.15) is 11.6 Å². The fraction of sp³-hybridized carbons (Fsp3) is 0.217. The SMILES string of the molecule is CCOC(=O)C[C@H](NC(=O)Nc1c(O)cnn(C)c1=O)c1cccc(-c2ccc(F)cc2F)c1. The lowest BCUT2D eigenvalue weighted by Gasteiger charge is -2.20. The molecule has 3 N–H and O–H groups in total. The van der Waals surface area contributed by atoms with Crippen molar-refractivity contribution in [2.75, 3.05) is 11.9 Å². The number of hydrogen-bond acceptors (Lipinski definition) is 6. The number of nitrogens with zero attached hydrogens (tertiary/aromatic N) is 2. The standard InChI is InChI=1S/C23H22F2N4O5/c1-3-34-20(31)11-18(27-23(33)28-21-19(30)12-26-29(2)22(21)32)14-6-4-5-13(9-14)16-8-7-15(24)10-17(16)25/h4-10,12,18,30H,3,11H2,1-2H3,(H2,27,28,33)/t18-/m0/s1. The highest BCUT2D eigenvalue weighted by Gasteiger charge is 2.22. The van der Waals surface area contributed by atoms with E-state index in [0.29, 0.717) is 11.1 Å². The number of aryl methyl sites for hydroxylation is 1. The van der Waals surface area contributed by atoms with Gasteiger partial charge in [-0.25, -0.2) is 18.3 Å². The third kappa shape index (κ3) is 5.74. The van der Waals surface area contributed by atoms with Crippen LogP contribution < -0.4 is 16.2 Å². The number of ether oxygens (including phenoxy) is 1. The summed E-state index contributed by atoms with van der Waals surface area (Å²) in [5, 5.41) is 18.3. The minimum atomic E-state index is -0.935. The van der Waals surface area contributed by atoms with Gasteiger partial charge in [-0.2, -0.15) is 5.10 Å². The van der Waals surface area contributed by atoms with Crippen LogP contribution in [-0.2, 0) is 16.6 Å². The molecule has 1 heterocycles. The number of carbonyl (C=O) groups is 2. The summed E-state index contributed by atoms with van der Waals surface area (Å²) in [4.78, 5) is 37.0. The summed E-state index contributed by atoms with van der Waals surface area (Å²) in [6.07, 6.45) is 0.727. The fourth-order valence-electron chi connectivity index (χ4n) is 3.24. The Labute approximate surface area is 193 Å². The Balaban J connectivity index is 1.91. The van der Waals surface area contributed by atoms with Crippen molar-refractivity contribution in [2.24, 2.45) is 7.05 Å². The van der Waals surface area contributed by atoms with Crippen molar-refractivity contribution in [3.63, 3.8) is 0 Å². The largest absolute Gasteiger partial charge is 0.504 e. The summed E-state index contributed by atoms with van der Waals surface area (Å²) in [5.41, 5.74) is -0.186. The molecule has 3 rings (SSSR count). The smallest absolute Gasteiger partial charge is 0.319 e. The van der Waals surface area contributed by atoms with E-state index in [4.69, 9.17) is 4.74 Å². The summed E-state index contributed by atoms with van der Waals surface area (Å²) < 4.78 is 33.5. The topological polar surface area (TPSA) is 123 Å². The molecule has 1 atom stereocenters. The minimum absolute atomic E-state index is 0.125. The molecule has 0 aliphatic heterocycles. The number of nitrogens with one attached hydrogen (secondary N) is 2. The lowest BCUT2D eigenvalue weighted by molar-refractivity contribution is -0.143. The van der Waals surface area contributed by atoms with Gasteiger partial charge in [0.2, 0.25) is 0 Å². The van der Waals surface area contributed by atoms with Crippen molar-refractivity contribution in [2.45, 2.75) is 19.4 Å². The summed E-state index contributed by atoms with van der Waals surface area (Å²) in [5.74, 6) is -2.63. The van der Waals surface area contributed by atoms with Gasteiger partial charge in [0.15, 0.2) is 11.4 Å². The molecular weight excluding hydrogens is 450 g/mol. The van der Waals surface area contributed by atoms with Crippen LogP contribution in [0.4, 0.5) is 19.3 Å². The van der Waals surface area contributed by atoms with Gasteiger partial charge in [0.05, 0.1) is 25.3 Å². The monoisotopic (exact) mass is 472 g/mol. The van der Waals surface area contributed by atoms with Gasteiger partial charge in [-0.05, 0) is 36.2 Å². The zero-order valence-electron chi connectivity index (χ0n) is 18.3. The normalized spacial score (nSPS) is 11.5. The average Bonchev–Trinajstić information content (AvgIpc) is 2.79. The predicted molar refractivity (Wildman–Crippen MR) is 119 cm³/mol. The van der Waals surface area contributed by atoms with E-state index in [0.717, 1.165) is 23.0 Å². The maximum Gasteiger partial charge on any atom is 0.319 e. The minimum Gasteiger partial charge on any atom is -0.504 e. The molecule has 3 aromatic rings. The third-order valence-electron chi connectivity index (χ3n) is 4.87. The van der Waals surface area contributed by atoms with Crippen LogP contribution in [0.5, 0.6) is 5.75 Å². The molecule has 0 radical (unpaired) electrons. The van der Waals surface area contributed by atoms with Crippen LogP contribution in [-0.4, -0.2) is 33.5 Å². The first-order chi connectivity index (χ1) is 16.2. The molecule has 2 amide bonds. The van der Waals surface area contributed by atoms with Gasteiger partial charge in [-0.15, -0.1) is 0 Å². The van der Waals surface area contributed by atoms with E-state index in [1.807, 2.05) is 0 Å². The molecule has 2 aromatic carbocycles. The number of aromatic nitrogens is 2. The Morgan fingerprint density at radius 2 is 1.97 bits per heavy atom. The van der Waals surface area contributed by atoms with Crippen LogP contribution >= 0.6 is 0 Å². The maximum atomic E-state index is 14.3. The molecule has 0 fully saturated rings. The molecular formula is C23H22F2N4O5. The Morgan fingerprint density at radius 1 is 1.21 bits per heavy atom. The van der Waals surface area contributed by atoms with Crippen molar-refractivity contribution in [3.8, 4) is 16.9 Å². The second-order valence-corrected chi connectivity index (χ2v) is 7.24. The molecule has 0 unspecified atom stereocenters. The van der Waals surface area contributed by atoms with Crippen molar-refractivity contribution in [3.05, 3.63) is 76.2 Å². The molecule has 178 valence electrons. The predicted octanol–water partition coefficient (Wildman–Crippen LogP) is 3.25. The first kappa shape index (κ1) is 24.4. The number of carbonyl (C=O) groups excluding carboxylic acids is 2. The Bertz CT molecular complexity index is 1280. The number of amides is 2. The first-order valence-corrected chi connectivity index (χ1v) is 10.2. The zero-order valence-corrected chi connectivity index (χ0v) is 18.3. The molecule has 0 aliphatic rings. The highest BCUT2D eigenvalue weighted by molar-refractivity contribution is 5.91. The number of hydrogen-bond donors (Lipinski definition) is 3. The van der Waals surface area contributed by atoms with Crippen molar-refractivity contribution >= 4 is 17.7 Å². The van der Waals surface area contributed by atoms with Crippen LogP contribution in [0.15, 0.2) is 53.5 Å². The van der Waals surface area contributed by atoms with Crippen LogP contribution in [0.25, 0.3) is 11.1 Å². The number of anilines is 1. The van der Waals surface area contributed by atoms with Gasteiger partial charge in [0, 0.05) is 18.7 Å². The molecule has 34 heavy (non-hydrogen) atoms. The van der Waals surface area contributed by atoms with E-state index >= 15 is 0 Å². The van der Waals surface area contributed by atoms with Crippen LogP contribution in [0.1, 0.15) is 24.9 Å². The van der Waals surface area contributed by atoms with Crippen molar-refractivity contribution < 1.29 is 28.2 Å². The molecule has 0 spiro atoms. The van der Waals surface area contributed by atoms with E-state index in [9.17, 15) is 28.3 Å². The van der Waals surface area contributed by atoms with Crippen molar-refractivity contribution in [1.82, 2.24) is 15.1 Å². The van der Waals surface area contributed by atoms with E-state index in [2.05, 4.69) is 15.7 Å². The second kappa shape index (κ2) is 10.6. The quantitative estimate of drug-likeness (QED) is 0.454. The first-order valence-electron chi connectivity index (χ1n) is 10.2. The third-order valence-corrected chi connectivity index (χ3v) is 4.87. The van der Waals surface area contributed by atoms with Crippen LogP contribution in [0, 0.1) is 11.6 Å². The number of benzene rings is 2. The molecule has 0 aliphatic carbocycles. The van der Waals surface area contributed by atoms with E-state index in [1.54, 1.807) is 31.2 Å². The number of esters is 1. The average molecular weight is 472 g/mol. The van der Waals surface area contributed by atoms with Gasteiger partial charge in [-0.3, -0.25) is 14.9 Å². The molecule has 0 saturated carbocycles. The molecule has 0 saturated heterocycles. The van der Waals surface area contributed by atoms with Gasteiger partial charge in [-0.1, -0.05) is 18.2 Å². The van der Waals surface area contributed by atoms with E-state index in [-0.39, 0.29) is 18.6 Å². The zero-order chi connectivity index (χ0) is 24.8. The maximum absolute atomic E-state index is 14.3. The number of halogens is 2. The van der Waals surface area contributed by atoms with Crippen LogP contribution in [0.2, 0.25) is 0 Å². The Kier molecular flexibility index (Phi) is 7.57. The number of rotatable bonds is 7. The molecule has 9 nitrogen and oxygen atoms in total. The van der Waals surface area contributed by atoms with Crippen molar-refractivity contribution in [1.29, 1.82) is 0 Å². The van der Waals surface area contributed by atoms with Crippen LogP contribution in [0.3, 0.4) is 0 Å². The number of aromatic hydroxyl groups is 1. The lowest BCUT2D eigenvalue weighted by atomic mass is 9.97. The Morgan fingerprint density at radius 3 is 2.68 bits per heavy atom. The second-order valence-electron chi connectivity index (χ2n) is 7.24. The lowest BCUT2D eigenvalue weighted by Crippen LogP contribution is -2.36. The van der Waals surface area contributed by atoms with Gasteiger partial charge in [0.25, 0.3) is 5.56 Å². The Hall–Kier alpha value is -4.28. The summed E-state index contributed by atoms with van der Waals surface area (Å²) in [6.45, 7) is 1.76. The molecule has 0 bridgehead atoms. The van der Waals surface area contributed by atoms with E-state index < -0.39 is 46.7 Å². The van der Waals surface area contributed by atoms with Gasteiger partial charge < -0.3 is 15.2 Å². The summed E-state index contributed by atoms with van der Waals surface area (Å²) in [6, 6.07) is 7.69. The highest BCUT2D eigenvalue weighted by atomic mass is 19.1. The summed E-state index contributed by atoms with van der Waals surface area (Å²) in [7, 11) is 1.34. The van der Waals surface area contributed by atoms with E-state index in [1.165, 1.54) is 13.1 Å². The summed E-state index contributed by atoms with van der Waals surface area (Å²) >= 11 is 0. The number of urea groups is 1. The highest BCUT2D eigenvalue weighted by Crippen LogP contribution is 2.28. The fourth-order valence-corrected chi connectivity index (χ4v) is 3.24.